The number of ether oxygens (including phenoxy) is 1. The Labute approximate surface area is 463 Å². The van der Waals surface area contributed by atoms with Gasteiger partial charge in [0.25, 0.3) is 0 Å². The van der Waals surface area contributed by atoms with Crippen LogP contribution < -0.4 is 26.0 Å². The van der Waals surface area contributed by atoms with Crippen molar-refractivity contribution in [2.45, 2.75) is 133 Å². The molecule has 7 saturated heterocycles. The molecular weight excluding hydrogens is 1020 g/mol. The molecule has 3 amide bonds. The number of amides is 3. The predicted molar refractivity (Wildman–Crippen MR) is 299 cm³/mol. The number of hydrogen-bond acceptors (Lipinski definition) is 12. The Hall–Kier alpha value is -7.01. The number of halogens is 2. The monoisotopic (exact) mass is 1090 g/mol. The van der Waals surface area contributed by atoms with E-state index in [2.05, 4.69) is 42.3 Å². The van der Waals surface area contributed by atoms with E-state index in [9.17, 15) is 24.3 Å². The number of nitrogens with zero attached hydrogens (tertiary/aromatic N) is 9. The van der Waals surface area contributed by atoms with Crippen molar-refractivity contribution in [2.75, 3.05) is 57.3 Å². The lowest BCUT2D eigenvalue weighted by Gasteiger charge is -2.45. The number of terminal acetylenes is 1. The molecule has 10 heterocycles. The van der Waals surface area contributed by atoms with E-state index < -0.39 is 29.7 Å². The number of carboxylic acid groups (broad SMARTS) is 1. The minimum absolute atomic E-state index is 0.00203. The number of nitrogens with one attached hydrogen (secondary N) is 2. The Morgan fingerprint density at radius 2 is 1.71 bits per heavy atom. The molecule has 7 aliphatic rings. The molecule has 0 saturated carbocycles. The number of anilines is 1. The first-order chi connectivity index (χ1) is 38.8. The number of imidazole rings is 1. The normalized spacial score (nSPS) is 25.4. The molecule has 80 heavy (non-hydrogen) atoms. The summed E-state index contributed by atoms with van der Waals surface area (Å²) >= 11 is 0. The van der Waals surface area contributed by atoms with E-state index in [0.29, 0.717) is 84.2 Å². The third-order valence-corrected chi connectivity index (χ3v) is 19.7. The summed E-state index contributed by atoms with van der Waals surface area (Å²) < 4.78 is 42.5. The number of fused-ring (bicyclic) bond motifs is 6. The van der Waals surface area contributed by atoms with Crippen molar-refractivity contribution in [3.8, 4) is 29.6 Å². The second-order valence-electron chi connectivity index (χ2n) is 24.3. The predicted octanol–water partition coefficient (Wildman–Crippen LogP) is 7.89. The van der Waals surface area contributed by atoms with Crippen LogP contribution in [0.15, 0.2) is 59.5 Å². The van der Waals surface area contributed by atoms with Crippen LogP contribution in [0.1, 0.15) is 113 Å². The number of pyridine rings is 1. The van der Waals surface area contributed by atoms with E-state index >= 15 is 8.78 Å². The zero-order valence-electron chi connectivity index (χ0n) is 45.4. The number of piperazine rings is 1. The maximum Gasteiger partial charge on any atom is 0.407 e. The van der Waals surface area contributed by atoms with Crippen LogP contribution in [-0.2, 0) is 23.2 Å². The van der Waals surface area contributed by atoms with Gasteiger partial charge in [0.05, 0.1) is 27.5 Å². The summed E-state index contributed by atoms with van der Waals surface area (Å²) in [6.07, 6.45) is 20.1. The van der Waals surface area contributed by atoms with Gasteiger partial charge >= 0.3 is 17.8 Å². The van der Waals surface area contributed by atoms with Crippen LogP contribution in [0.2, 0.25) is 0 Å². The third-order valence-electron chi connectivity index (χ3n) is 19.7. The van der Waals surface area contributed by atoms with Crippen LogP contribution in [0, 0.1) is 35.3 Å². The first-order valence-electron chi connectivity index (χ1n) is 28.9. The Bertz CT molecular complexity index is 3550. The summed E-state index contributed by atoms with van der Waals surface area (Å²) in [6.45, 7) is 6.46. The van der Waals surface area contributed by atoms with Crippen molar-refractivity contribution >= 4 is 56.4 Å². The van der Waals surface area contributed by atoms with Crippen LogP contribution >= 0.6 is 0 Å². The molecule has 7 fully saturated rings. The van der Waals surface area contributed by atoms with E-state index in [1.54, 1.807) is 40.9 Å². The topological polar surface area (TPSA) is 183 Å². The van der Waals surface area contributed by atoms with E-state index in [1.807, 2.05) is 18.2 Å². The van der Waals surface area contributed by atoms with Crippen LogP contribution in [0.4, 0.5) is 19.4 Å². The molecule has 3 aromatic carbocycles. The second-order valence-corrected chi connectivity index (χ2v) is 24.3. The van der Waals surface area contributed by atoms with Crippen LogP contribution in [0.5, 0.6) is 6.01 Å². The number of benzene rings is 3. The highest BCUT2D eigenvalue weighted by Crippen LogP contribution is 2.50. The summed E-state index contributed by atoms with van der Waals surface area (Å²) in [7, 11) is 1.73. The summed E-state index contributed by atoms with van der Waals surface area (Å²) in [5, 5.41) is 17.7. The first-order valence-corrected chi connectivity index (χ1v) is 28.9. The number of imide groups is 1. The van der Waals surface area contributed by atoms with Crippen molar-refractivity contribution in [2.24, 2.45) is 18.4 Å². The quantitative estimate of drug-likeness (QED) is 0.0751. The number of aryl methyl sites for hydroxylation is 1. The van der Waals surface area contributed by atoms with Crippen molar-refractivity contribution in [1.29, 1.82) is 0 Å². The van der Waals surface area contributed by atoms with Gasteiger partial charge in [0.15, 0.2) is 5.82 Å². The Kier molecular flexibility index (Phi) is 13.6. The number of piperidine rings is 3. The SMILES string of the molecule is C#Cc1c(F)ccc2cccc(-c3ncc4c(N5CC6CCC(C5)N6)nc(OC[C@@]56CCCN5[C@H](CC5(CCC7CCN(Cc8ccc9c(c8)n(C)c(=O)n9C8CCC(=O)NC8=O)CC7)CCN(C(=O)O)CC5)CC6)nc4c3F)c12. The zero-order chi connectivity index (χ0) is 55.0. The maximum atomic E-state index is 17.4. The van der Waals surface area contributed by atoms with Crippen molar-refractivity contribution in [3.63, 3.8) is 0 Å². The van der Waals surface area contributed by atoms with Gasteiger partial charge < -0.3 is 25.0 Å². The molecule has 19 heteroatoms. The fourth-order valence-electron chi connectivity index (χ4n) is 15.4. The van der Waals surface area contributed by atoms with Gasteiger partial charge in [-0.05, 0) is 150 Å². The minimum atomic E-state index is -0.853. The lowest BCUT2D eigenvalue weighted by atomic mass is 9.68. The number of likely N-dealkylation sites (tertiary alicyclic amines) is 2. The maximum absolute atomic E-state index is 17.4. The van der Waals surface area contributed by atoms with Crippen LogP contribution in [0.3, 0.4) is 0 Å². The Balaban J connectivity index is 0.704. The van der Waals surface area contributed by atoms with Gasteiger partial charge in [0, 0.05) is 81.5 Å². The molecule has 3 N–H and O–H groups in total. The fraction of sp³-hybridized carbons (Fsp3) is 0.525. The van der Waals surface area contributed by atoms with Crippen molar-refractivity contribution in [3.05, 3.63) is 88.0 Å². The smallest absolute Gasteiger partial charge is 0.407 e. The number of carbonyl (C=O) groups excluding carboxylic acids is 2. The number of aromatic nitrogens is 5. The summed E-state index contributed by atoms with van der Waals surface area (Å²) in [6, 6.07) is 14.6. The Morgan fingerprint density at radius 1 is 0.912 bits per heavy atom. The lowest BCUT2D eigenvalue weighted by molar-refractivity contribution is -0.135. The molecule has 17 nitrogen and oxygen atoms in total. The molecule has 13 rings (SSSR count). The molecule has 6 aromatic rings. The van der Waals surface area contributed by atoms with E-state index in [0.717, 1.165) is 121 Å². The molecule has 2 bridgehead atoms. The molecule has 3 aromatic heterocycles. The number of carbonyl (C=O) groups is 3. The average molecular weight is 1090 g/mol. The van der Waals surface area contributed by atoms with E-state index in [4.69, 9.17) is 21.1 Å². The minimum Gasteiger partial charge on any atom is -0.465 e. The van der Waals surface area contributed by atoms with Gasteiger partial charge in [0.1, 0.15) is 35.5 Å². The van der Waals surface area contributed by atoms with E-state index in [-0.39, 0.29) is 63.8 Å². The molecule has 3 unspecified atom stereocenters. The van der Waals surface area contributed by atoms with Crippen molar-refractivity contribution < 1.29 is 33.0 Å². The largest absolute Gasteiger partial charge is 0.465 e. The molecule has 7 aliphatic heterocycles. The van der Waals surface area contributed by atoms with Gasteiger partial charge in [-0.2, -0.15) is 9.97 Å². The van der Waals surface area contributed by atoms with Gasteiger partial charge in [-0.25, -0.2) is 18.4 Å². The summed E-state index contributed by atoms with van der Waals surface area (Å²) in [5.74, 6) is 1.67. The van der Waals surface area contributed by atoms with Crippen LogP contribution in [0.25, 0.3) is 44.0 Å². The molecule has 418 valence electrons. The molecule has 0 aliphatic carbocycles. The fourth-order valence-corrected chi connectivity index (χ4v) is 15.4. The molecular formula is C61H69F2N11O6. The van der Waals surface area contributed by atoms with Gasteiger partial charge in [0.2, 0.25) is 11.8 Å². The highest BCUT2D eigenvalue weighted by molar-refractivity contribution is 6.02. The standard InChI is InChI=1S/C61H69F2N11O6/c1-3-43-46(62)12-9-39-6-4-7-44(51(39)43)53-52(63)54-45(32-64-53)55(72-34-40-10-11-41(35-72)65-40)68-57(67-54)80-36-61-20-5-25-73(61)42(17-22-61)31-60(23-28-71(29-24-60)59(78)79)21-16-37-18-26-70(27-19-37)33-38-8-13-47-49(30-38)69(2)58(77)74(47)48-14-15-50(75)66-56(48)76/h1,4,6-9,12-13,30,32,37,40-42,48,65H,5,10-11,14-29,31,33-36H2,2H3,(H,78,79)(H,66,75,76)/t40?,41?,42-,48?,61-/m0/s1. The van der Waals surface area contributed by atoms with Gasteiger partial charge in [-0.15, -0.1) is 6.42 Å². The second kappa shape index (κ2) is 20.8. The Morgan fingerprint density at radius 3 is 2.48 bits per heavy atom. The molecule has 0 radical (unpaired) electrons. The van der Waals surface area contributed by atoms with Crippen molar-refractivity contribution in [1.82, 2.24) is 49.4 Å². The third kappa shape index (κ3) is 9.43. The summed E-state index contributed by atoms with van der Waals surface area (Å²) in [5.41, 5.74) is 2.59. The first kappa shape index (κ1) is 52.4. The lowest BCUT2D eigenvalue weighted by Crippen LogP contribution is -2.51. The highest BCUT2D eigenvalue weighted by atomic mass is 19.1. The summed E-state index contributed by atoms with van der Waals surface area (Å²) in [4.78, 5) is 73.8. The molecule has 0 spiro atoms. The average Bonchev–Trinajstić information content (AvgIpc) is 4.32. The van der Waals surface area contributed by atoms with Crippen LogP contribution in [-0.4, -0.2) is 138 Å². The number of hydrogen-bond donors (Lipinski definition) is 3. The van der Waals surface area contributed by atoms with E-state index in [1.165, 1.54) is 10.6 Å². The number of rotatable bonds is 13. The zero-order valence-corrected chi connectivity index (χ0v) is 45.4. The molecule has 5 atom stereocenters. The van der Waals surface area contributed by atoms with Gasteiger partial charge in [-0.1, -0.05) is 36.3 Å². The van der Waals surface area contributed by atoms with Gasteiger partial charge in [-0.3, -0.25) is 38.8 Å². The highest BCUT2D eigenvalue weighted by Gasteiger charge is 2.52.